The number of aryl methyl sites for hydroxylation is 1. The molecule has 0 aromatic heterocycles. The summed E-state index contributed by atoms with van der Waals surface area (Å²) in [6, 6.07) is 21.3. The van der Waals surface area contributed by atoms with Crippen molar-refractivity contribution < 1.29 is 22.7 Å². The van der Waals surface area contributed by atoms with Gasteiger partial charge in [0.1, 0.15) is 18.3 Å². The number of sulfonamides is 1. The van der Waals surface area contributed by atoms with E-state index >= 15 is 0 Å². The molecule has 0 fully saturated rings. The Bertz CT molecular complexity index is 1310. The molecule has 0 unspecified atom stereocenters. The van der Waals surface area contributed by atoms with E-state index in [1.54, 1.807) is 67.8 Å². The molecule has 0 aliphatic heterocycles. The number of methoxy groups -OCH3 is 1. The van der Waals surface area contributed by atoms with Gasteiger partial charge in [0.25, 0.3) is 10.0 Å². The van der Waals surface area contributed by atoms with Crippen molar-refractivity contribution in [3.8, 4) is 5.75 Å². The van der Waals surface area contributed by atoms with Gasteiger partial charge in [0, 0.05) is 13.6 Å². The maximum Gasteiger partial charge on any atom is 0.264 e. The summed E-state index contributed by atoms with van der Waals surface area (Å²) in [5, 5.41) is 2.62. The second kappa shape index (κ2) is 12.4. The second-order valence-electron chi connectivity index (χ2n) is 8.57. The van der Waals surface area contributed by atoms with E-state index in [0.717, 1.165) is 15.4 Å². The van der Waals surface area contributed by atoms with E-state index < -0.39 is 28.5 Å². The van der Waals surface area contributed by atoms with Gasteiger partial charge in [-0.05, 0) is 55.3 Å². The maximum atomic E-state index is 13.9. The van der Waals surface area contributed by atoms with E-state index in [1.165, 1.54) is 24.1 Å². The van der Waals surface area contributed by atoms with Crippen molar-refractivity contribution in [1.29, 1.82) is 0 Å². The summed E-state index contributed by atoms with van der Waals surface area (Å²) in [5.41, 5.74) is 2.07. The number of hydrogen-bond donors (Lipinski definition) is 1. The van der Waals surface area contributed by atoms with Crippen molar-refractivity contribution in [1.82, 2.24) is 10.2 Å². The molecule has 196 valence electrons. The highest BCUT2D eigenvalue weighted by atomic mass is 32.2. The summed E-state index contributed by atoms with van der Waals surface area (Å²) in [6.45, 7) is 3.34. The van der Waals surface area contributed by atoms with Crippen LogP contribution in [0.3, 0.4) is 0 Å². The first-order valence-corrected chi connectivity index (χ1v) is 13.4. The van der Waals surface area contributed by atoms with E-state index in [9.17, 15) is 18.0 Å². The van der Waals surface area contributed by atoms with Gasteiger partial charge in [-0.25, -0.2) is 8.42 Å². The summed E-state index contributed by atoms with van der Waals surface area (Å²) in [7, 11) is -1.01. The van der Waals surface area contributed by atoms with Crippen molar-refractivity contribution in [3.05, 3.63) is 90.0 Å². The Hall–Kier alpha value is -3.85. The molecular formula is C28H33N3O5S. The van der Waals surface area contributed by atoms with Gasteiger partial charge in [-0.2, -0.15) is 0 Å². The molecular weight excluding hydrogens is 490 g/mol. The first kappa shape index (κ1) is 27.7. The molecule has 1 atom stereocenters. The van der Waals surface area contributed by atoms with Crippen LogP contribution in [0.25, 0.3) is 0 Å². The molecule has 1 N–H and O–H groups in total. The zero-order valence-electron chi connectivity index (χ0n) is 21.5. The van der Waals surface area contributed by atoms with Crippen molar-refractivity contribution in [2.24, 2.45) is 0 Å². The minimum Gasteiger partial charge on any atom is -0.497 e. The van der Waals surface area contributed by atoms with Crippen LogP contribution >= 0.6 is 0 Å². The molecule has 3 aromatic rings. The Kier molecular flexibility index (Phi) is 9.30. The van der Waals surface area contributed by atoms with Gasteiger partial charge in [0.05, 0.1) is 17.7 Å². The molecule has 0 saturated heterocycles. The molecule has 3 rings (SSSR count). The van der Waals surface area contributed by atoms with E-state index in [0.29, 0.717) is 17.9 Å². The third-order valence-corrected chi connectivity index (χ3v) is 7.84. The Labute approximate surface area is 218 Å². The van der Waals surface area contributed by atoms with E-state index in [1.807, 2.05) is 19.9 Å². The molecule has 8 nitrogen and oxygen atoms in total. The topological polar surface area (TPSA) is 96.0 Å². The van der Waals surface area contributed by atoms with Crippen LogP contribution in [-0.2, 0) is 26.2 Å². The SMILES string of the molecule is CC[C@@H](C(=O)NC)N(Cc1cccc(OC)c1)C(=O)CN(c1ccc(C)cc1)S(=O)(=O)c1ccccc1. The maximum absolute atomic E-state index is 13.9. The van der Waals surface area contributed by atoms with Crippen LogP contribution in [0.15, 0.2) is 83.8 Å². The average Bonchev–Trinajstić information content (AvgIpc) is 2.92. The fourth-order valence-corrected chi connectivity index (χ4v) is 5.45. The Morgan fingerprint density at radius 1 is 0.973 bits per heavy atom. The van der Waals surface area contributed by atoms with Gasteiger partial charge in [-0.3, -0.25) is 13.9 Å². The van der Waals surface area contributed by atoms with Gasteiger partial charge in [-0.15, -0.1) is 0 Å². The van der Waals surface area contributed by atoms with Crippen LogP contribution in [-0.4, -0.2) is 51.9 Å². The normalized spacial score (nSPS) is 11.9. The lowest BCUT2D eigenvalue weighted by Gasteiger charge is -2.33. The highest BCUT2D eigenvalue weighted by Gasteiger charge is 2.33. The molecule has 3 aromatic carbocycles. The van der Waals surface area contributed by atoms with Gasteiger partial charge in [0.2, 0.25) is 11.8 Å². The van der Waals surface area contributed by atoms with Crippen LogP contribution in [0, 0.1) is 6.92 Å². The average molecular weight is 524 g/mol. The summed E-state index contributed by atoms with van der Waals surface area (Å²) in [5.74, 6) is -0.212. The lowest BCUT2D eigenvalue weighted by molar-refractivity contribution is -0.140. The van der Waals surface area contributed by atoms with E-state index in [4.69, 9.17) is 4.74 Å². The number of rotatable bonds is 11. The Morgan fingerprint density at radius 2 is 1.65 bits per heavy atom. The summed E-state index contributed by atoms with van der Waals surface area (Å²) < 4.78 is 33.8. The Morgan fingerprint density at radius 3 is 2.24 bits per heavy atom. The minimum absolute atomic E-state index is 0.0704. The zero-order valence-corrected chi connectivity index (χ0v) is 22.4. The number of ether oxygens (including phenoxy) is 1. The number of amides is 2. The molecule has 0 heterocycles. The number of nitrogens with one attached hydrogen (secondary N) is 1. The number of nitrogens with zero attached hydrogens (tertiary/aromatic N) is 2. The van der Waals surface area contributed by atoms with E-state index in [2.05, 4.69) is 5.32 Å². The third kappa shape index (κ3) is 6.68. The molecule has 0 aliphatic carbocycles. The Balaban J connectivity index is 2.04. The van der Waals surface area contributed by atoms with Crippen LogP contribution in [0.4, 0.5) is 5.69 Å². The van der Waals surface area contributed by atoms with Gasteiger partial charge < -0.3 is 15.0 Å². The predicted molar refractivity (Wildman–Crippen MR) is 144 cm³/mol. The largest absolute Gasteiger partial charge is 0.497 e. The number of benzene rings is 3. The zero-order chi connectivity index (χ0) is 27.0. The lowest BCUT2D eigenvalue weighted by Crippen LogP contribution is -2.51. The van der Waals surface area contributed by atoms with E-state index in [-0.39, 0.29) is 17.3 Å². The number of hydrogen-bond acceptors (Lipinski definition) is 5. The van der Waals surface area contributed by atoms with Crippen LogP contribution in [0.5, 0.6) is 5.75 Å². The smallest absolute Gasteiger partial charge is 0.264 e. The first-order chi connectivity index (χ1) is 17.7. The van der Waals surface area contributed by atoms with Crippen molar-refractivity contribution >= 4 is 27.5 Å². The quantitative estimate of drug-likeness (QED) is 0.413. The van der Waals surface area contributed by atoms with Crippen LogP contribution in [0.2, 0.25) is 0 Å². The molecule has 0 aliphatic rings. The van der Waals surface area contributed by atoms with Crippen LogP contribution < -0.4 is 14.4 Å². The fourth-order valence-electron chi connectivity index (χ4n) is 4.01. The molecule has 2 amide bonds. The fraction of sp³-hybridized carbons (Fsp3) is 0.286. The molecule has 9 heteroatoms. The lowest BCUT2D eigenvalue weighted by atomic mass is 10.1. The van der Waals surface area contributed by atoms with Crippen molar-refractivity contribution in [2.75, 3.05) is 25.0 Å². The third-order valence-electron chi connectivity index (χ3n) is 6.05. The summed E-state index contributed by atoms with van der Waals surface area (Å²) >= 11 is 0. The van der Waals surface area contributed by atoms with Gasteiger partial charge >= 0.3 is 0 Å². The number of carbonyl (C=O) groups is 2. The highest BCUT2D eigenvalue weighted by molar-refractivity contribution is 7.92. The standard InChI is InChI=1S/C28H33N3O5S/c1-5-26(28(33)29-3)30(19-22-10-9-11-24(18-22)36-4)27(32)20-31(23-16-14-21(2)15-17-23)37(34,35)25-12-7-6-8-13-25/h6-18,26H,5,19-20H2,1-4H3,(H,29,33)/t26-/m0/s1. The second-order valence-corrected chi connectivity index (χ2v) is 10.4. The van der Waals surface area contributed by atoms with Crippen molar-refractivity contribution in [2.45, 2.75) is 37.8 Å². The number of carbonyl (C=O) groups excluding carboxylic acids is 2. The van der Waals surface area contributed by atoms with Gasteiger partial charge in [0.15, 0.2) is 0 Å². The van der Waals surface area contributed by atoms with Crippen LogP contribution in [0.1, 0.15) is 24.5 Å². The molecule has 37 heavy (non-hydrogen) atoms. The molecule has 0 radical (unpaired) electrons. The molecule has 0 bridgehead atoms. The minimum atomic E-state index is -4.07. The molecule has 0 spiro atoms. The highest BCUT2D eigenvalue weighted by Crippen LogP contribution is 2.25. The number of likely N-dealkylation sites (N-methyl/N-ethyl adjacent to an activating group) is 1. The van der Waals surface area contributed by atoms with Crippen molar-refractivity contribution in [3.63, 3.8) is 0 Å². The number of anilines is 1. The molecule has 0 saturated carbocycles. The predicted octanol–water partition coefficient (Wildman–Crippen LogP) is 3.75. The monoisotopic (exact) mass is 523 g/mol. The van der Waals surface area contributed by atoms with Gasteiger partial charge in [-0.1, -0.05) is 55.0 Å². The summed E-state index contributed by atoms with van der Waals surface area (Å²) in [6.07, 6.45) is 0.353. The summed E-state index contributed by atoms with van der Waals surface area (Å²) in [4.78, 5) is 28.1. The first-order valence-electron chi connectivity index (χ1n) is 12.0.